The highest BCUT2D eigenvalue weighted by atomic mass is 16.6. The highest BCUT2D eigenvalue weighted by Gasteiger charge is 2.30. The van der Waals surface area contributed by atoms with E-state index in [0.29, 0.717) is 19.0 Å². The number of hydrogen-bond donors (Lipinski definition) is 2. The van der Waals surface area contributed by atoms with Gasteiger partial charge in [0, 0.05) is 25.7 Å². The van der Waals surface area contributed by atoms with E-state index in [4.69, 9.17) is 23.7 Å². The van der Waals surface area contributed by atoms with Crippen molar-refractivity contribution in [2.45, 2.75) is 97.7 Å². The van der Waals surface area contributed by atoms with Gasteiger partial charge in [-0.05, 0) is 86.4 Å². The van der Waals surface area contributed by atoms with Gasteiger partial charge in [0.2, 0.25) is 0 Å². The maximum Gasteiger partial charge on any atom is 0.320 e. The Balaban J connectivity index is 2.44. The van der Waals surface area contributed by atoms with E-state index in [-0.39, 0.29) is 51.8 Å². The number of carboxylic acid groups (broad SMARTS) is 2. The van der Waals surface area contributed by atoms with Crippen LogP contribution in [0.3, 0.4) is 0 Å². The highest BCUT2D eigenvalue weighted by Crippen LogP contribution is 2.19. The van der Waals surface area contributed by atoms with Crippen LogP contribution in [-0.4, -0.2) is 149 Å². The van der Waals surface area contributed by atoms with Crippen LogP contribution >= 0.6 is 0 Å². The molecule has 288 valence electrons. The number of ether oxygens (including phenoxy) is 5. The number of epoxide rings is 1. The molecule has 2 N–H and O–H groups in total. The number of hydrogen-bond acceptors (Lipinski definition) is 13. The molecule has 1 aromatic rings. The van der Waals surface area contributed by atoms with Gasteiger partial charge in [-0.2, -0.15) is 0 Å². The van der Waals surface area contributed by atoms with E-state index in [2.05, 4.69) is 0 Å². The van der Waals surface area contributed by atoms with Gasteiger partial charge in [0.1, 0.15) is 35.3 Å². The van der Waals surface area contributed by atoms with Gasteiger partial charge in [0.25, 0.3) is 0 Å². The summed E-state index contributed by atoms with van der Waals surface area (Å²) >= 11 is 0. The first kappa shape index (κ1) is 43.4. The number of benzene rings is 1. The summed E-state index contributed by atoms with van der Waals surface area (Å²) in [5.74, 6) is -3.48. The van der Waals surface area contributed by atoms with Gasteiger partial charge < -0.3 is 33.9 Å². The Kier molecular flexibility index (Phi) is 16.3. The van der Waals surface area contributed by atoms with Crippen LogP contribution in [0.2, 0.25) is 0 Å². The molecule has 0 saturated carbocycles. The van der Waals surface area contributed by atoms with E-state index < -0.39 is 65.8 Å². The lowest BCUT2D eigenvalue weighted by atomic mass is 10.0. The zero-order valence-electron chi connectivity index (χ0n) is 31.6. The van der Waals surface area contributed by atoms with Crippen molar-refractivity contribution in [1.29, 1.82) is 0 Å². The van der Waals surface area contributed by atoms with Crippen molar-refractivity contribution in [3.63, 3.8) is 0 Å². The zero-order chi connectivity index (χ0) is 38.6. The number of nitrogens with zero attached hydrogens (tertiary/aromatic N) is 3. The third-order valence-electron chi connectivity index (χ3n) is 6.95. The van der Waals surface area contributed by atoms with Gasteiger partial charge in [-0.15, -0.1) is 0 Å². The Morgan fingerprint density at radius 2 is 1.16 bits per heavy atom. The van der Waals surface area contributed by atoms with Gasteiger partial charge >= 0.3 is 29.8 Å². The molecule has 2 unspecified atom stereocenters. The molecule has 1 aliphatic rings. The summed E-state index contributed by atoms with van der Waals surface area (Å²) in [7, 11) is 0. The average molecular weight is 724 g/mol. The fourth-order valence-corrected chi connectivity index (χ4v) is 5.02. The zero-order valence-corrected chi connectivity index (χ0v) is 31.6. The van der Waals surface area contributed by atoms with Crippen LogP contribution in [0.15, 0.2) is 24.3 Å². The molecule has 0 aliphatic carbocycles. The minimum absolute atomic E-state index is 0.0444. The third-order valence-corrected chi connectivity index (χ3v) is 6.95. The summed E-state index contributed by atoms with van der Waals surface area (Å²) in [4.78, 5) is 67.3. The molecule has 1 saturated heterocycles. The molecule has 2 rings (SSSR count). The van der Waals surface area contributed by atoms with E-state index in [1.807, 2.05) is 12.1 Å². The van der Waals surface area contributed by atoms with Crippen LogP contribution in [0.25, 0.3) is 0 Å². The molecular formula is C36H57N3O12. The van der Waals surface area contributed by atoms with Crippen molar-refractivity contribution in [3.8, 4) is 5.75 Å². The average Bonchev–Trinajstić information content (AvgIpc) is 3.75. The van der Waals surface area contributed by atoms with Gasteiger partial charge in [-0.25, -0.2) is 0 Å². The SMILES string of the molecule is CC(C)(C)OC(=O)CN(CCN(CC(=O)OC(C)(C)C)CC(Cc1ccc(OCC2CO2)cc1)N(CC(=O)O)CC(=O)OC(C)(C)C)CC(=O)O. The Morgan fingerprint density at radius 3 is 1.61 bits per heavy atom. The molecule has 15 heteroatoms. The fourth-order valence-electron chi connectivity index (χ4n) is 5.02. The number of carbonyl (C=O) groups is 5. The summed E-state index contributed by atoms with van der Waals surface area (Å²) < 4.78 is 27.5. The van der Waals surface area contributed by atoms with Crippen LogP contribution in [0.4, 0.5) is 0 Å². The van der Waals surface area contributed by atoms with Crippen molar-refractivity contribution in [3.05, 3.63) is 29.8 Å². The predicted molar refractivity (Wildman–Crippen MR) is 186 cm³/mol. The molecule has 15 nitrogen and oxygen atoms in total. The quantitative estimate of drug-likeness (QED) is 0.107. The molecule has 1 fully saturated rings. The predicted octanol–water partition coefficient (Wildman–Crippen LogP) is 2.48. The van der Waals surface area contributed by atoms with Crippen molar-refractivity contribution in [2.24, 2.45) is 0 Å². The van der Waals surface area contributed by atoms with Gasteiger partial charge in [0.05, 0.1) is 39.3 Å². The molecule has 1 aliphatic heterocycles. The second-order valence-electron chi connectivity index (χ2n) is 15.7. The fraction of sp³-hybridized carbons (Fsp3) is 0.694. The minimum atomic E-state index is -1.17. The molecule has 0 aromatic heterocycles. The van der Waals surface area contributed by atoms with E-state index in [1.165, 1.54) is 9.80 Å². The second kappa shape index (κ2) is 19.2. The summed E-state index contributed by atoms with van der Waals surface area (Å²) in [6.07, 6.45) is 0.349. The van der Waals surface area contributed by atoms with Crippen molar-refractivity contribution >= 4 is 29.8 Å². The number of carbonyl (C=O) groups excluding carboxylic acids is 3. The van der Waals surface area contributed by atoms with Gasteiger partial charge in [-0.1, -0.05) is 12.1 Å². The van der Waals surface area contributed by atoms with Crippen molar-refractivity contribution in [1.82, 2.24) is 14.7 Å². The summed E-state index contributed by atoms with van der Waals surface area (Å²) in [6.45, 7) is 14.9. The Hall–Kier alpha value is -3.79. The maximum absolute atomic E-state index is 13.1. The molecule has 0 amide bonds. The van der Waals surface area contributed by atoms with Crippen LogP contribution in [0.5, 0.6) is 5.75 Å². The number of carboxylic acids is 2. The third kappa shape index (κ3) is 20.6. The van der Waals surface area contributed by atoms with Crippen LogP contribution < -0.4 is 4.74 Å². The molecule has 0 bridgehead atoms. The van der Waals surface area contributed by atoms with Crippen LogP contribution in [-0.2, 0) is 49.3 Å². The molecule has 0 spiro atoms. The standard InChI is InChI=1S/C36H57N3O12/c1-34(2,3)49-31(44)20-37(14-15-38(18-29(40)41)21-32(45)50-35(4,5)6)17-26(39(19-30(42)43)22-33(46)51-36(7,8)9)16-25-10-12-27(13-11-25)47-23-28-24-48-28/h10-13,26,28H,14-24H2,1-9H3,(H,40,41)(H,42,43). The van der Waals surface area contributed by atoms with E-state index in [9.17, 15) is 34.2 Å². The highest BCUT2D eigenvalue weighted by molar-refractivity contribution is 5.75. The second-order valence-corrected chi connectivity index (χ2v) is 15.7. The normalized spacial score (nSPS) is 15.4. The number of aliphatic carboxylic acids is 2. The molecule has 2 atom stereocenters. The lowest BCUT2D eigenvalue weighted by molar-refractivity contribution is -0.159. The maximum atomic E-state index is 13.1. The molecule has 1 heterocycles. The van der Waals surface area contributed by atoms with Crippen molar-refractivity contribution < 1.29 is 57.9 Å². The largest absolute Gasteiger partial charge is 0.491 e. The number of rotatable bonds is 21. The van der Waals surface area contributed by atoms with E-state index in [1.54, 1.807) is 79.3 Å². The first-order valence-corrected chi connectivity index (χ1v) is 17.1. The van der Waals surface area contributed by atoms with Crippen LogP contribution in [0, 0.1) is 0 Å². The van der Waals surface area contributed by atoms with Gasteiger partial charge in [0.15, 0.2) is 0 Å². The Labute approximate surface area is 301 Å². The smallest absolute Gasteiger partial charge is 0.320 e. The lowest BCUT2D eigenvalue weighted by Gasteiger charge is -2.35. The van der Waals surface area contributed by atoms with Gasteiger partial charge in [-0.3, -0.25) is 38.7 Å². The molecular weight excluding hydrogens is 666 g/mol. The van der Waals surface area contributed by atoms with Crippen LogP contribution in [0.1, 0.15) is 67.9 Å². The summed E-state index contributed by atoms with van der Waals surface area (Å²) in [6, 6.07) is 6.62. The van der Waals surface area contributed by atoms with E-state index >= 15 is 0 Å². The lowest BCUT2D eigenvalue weighted by Crippen LogP contribution is -2.52. The van der Waals surface area contributed by atoms with E-state index in [0.717, 1.165) is 5.56 Å². The Morgan fingerprint density at radius 1 is 0.706 bits per heavy atom. The topological polar surface area (TPSA) is 185 Å². The summed E-state index contributed by atoms with van der Waals surface area (Å²) in [5, 5.41) is 19.5. The Bertz CT molecular complexity index is 1310. The monoisotopic (exact) mass is 723 g/mol. The molecule has 51 heavy (non-hydrogen) atoms. The van der Waals surface area contributed by atoms with Crippen molar-refractivity contribution in [2.75, 3.05) is 65.6 Å². The number of esters is 3. The molecule has 0 radical (unpaired) electrons. The molecule has 1 aromatic carbocycles. The first-order valence-electron chi connectivity index (χ1n) is 17.1. The minimum Gasteiger partial charge on any atom is -0.491 e. The summed E-state index contributed by atoms with van der Waals surface area (Å²) in [5.41, 5.74) is -1.58. The first-order chi connectivity index (χ1) is 23.5.